The highest BCUT2D eigenvalue weighted by molar-refractivity contribution is 7.94. The van der Waals surface area contributed by atoms with E-state index in [4.69, 9.17) is 28.9 Å². The Hall–Kier alpha value is -5.91. The molecule has 0 aliphatic carbocycles. The van der Waals surface area contributed by atoms with Crippen molar-refractivity contribution in [3.05, 3.63) is 65.6 Å². The summed E-state index contributed by atoms with van der Waals surface area (Å²) in [5.41, 5.74) is 1.29. The largest absolute Gasteiger partial charge is 0.494 e. The minimum Gasteiger partial charge on any atom is -0.494 e. The number of carboxylic acid groups (broad SMARTS) is 1. The first-order valence-electron chi connectivity index (χ1n) is 25.4. The van der Waals surface area contributed by atoms with Crippen molar-refractivity contribution in [3.8, 4) is 5.75 Å². The molecule has 3 amide bonds. The lowest BCUT2D eigenvalue weighted by molar-refractivity contribution is -0.432. The highest BCUT2D eigenvalue weighted by Crippen LogP contribution is 2.27. The number of imidazole rings is 1. The molecule has 2 heterocycles. The molecule has 4 rings (SSSR count). The summed E-state index contributed by atoms with van der Waals surface area (Å²) in [5.74, 6) is -1.04. The molecule has 430 valence electrons. The number of amides is 3. The summed E-state index contributed by atoms with van der Waals surface area (Å²) in [6, 6.07) is 5.88. The van der Waals surface area contributed by atoms with Gasteiger partial charge in [-0.25, -0.2) is 23.5 Å². The second kappa shape index (κ2) is 35.5. The molecule has 2 aromatic carbocycles. The number of benzene rings is 2. The fourth-order valence-electron chi connectivity index (χ4n) is 7.20. The molecule has 8 N–H and O–H groups in total. The number of alkyl carbamates (subject to hydrolysis) is 1. The van der Waals surface area contributed by atoms with Gasteiger partial charge >= 0.3 is 12.1 Å². The number of ketones is 1. The zero-order valence-corrected chi connectivity index (χ0v) is 46.6. The summed E-state index contributed by atoms with van der Waals surface area (Å²) >= 11 is 0.672. The molecule has 77 heavy (non-hydrogen) atoms. The normalized spacial score (nSPS) is 12.3. The Balaban J connectivity index is 0.000000695. The van der Waals surface area contributed by atoms with Crippen molar-refractivity contribution in [2.45, 2.75) is 123 Å². The number of aryl methyl sites for hydroxylation is 3. The number of anilines is 1. The molecule has 0 aliphatic rings. The molecule has 0 unspecified atom stereocenters. The average Bonchev–Trinajstić information content (AvgIpc) is 4.05. The van der Waals surface area contributed by atoms with Crippen LogP contribution >= 0.6 is 12.0 Å². The van der Waals surface area contributed by atoms with E-state index in [9.17, 15) is 37.5 Å². The van der Waals surface area contributed by atoms with E-state index in [1.54, 1.807) is 90.5 Å². The molecule has 2 atom stereocenters. The van der Waals surface area contributed by atoms with E-state index in [1.807, 2.05) is 4.68 Å². The molecule has 2 aromatic heterocycles. The van der Waals surface area contributed by atoms with Crippen LogP contribution in [0.15, 0.2) is 53.8 Å². The maximum Gasteiger partial charge on any atom is 0.408 e. The van der Waals surface area contributed by atoms with Gasteiger partial charge < -0.3 is 55.0 Å². The van der Waals surface area contributed by atoms with Gasteiger partial charge in [-0.2, -0.15) is 9.82 Å². The molecule has 25 nitrogen and oxygen atoms in total. The number of Topliss-reactive ketones (excluding diaryl/α,β-unsaturated/α-hetero) is 1. The second-order valence-electron chi connectivity index (χ2n) is 18.2. The summed E-state index contributed by atoms with van der Waals surface area (Å²) in [7, 11) is -4.29. The zero-order valence-electron chi connectivity index (χ0n) is 45.0. The van der Waals surface area contributed by atoms with Crippen LogP contribution in [0.1, 0.15) is 101 Å². The number of aliphatic carboxylic acids is 1. The molecule has 27 heteroatoms. The number of hydrogen-bond donors (Lipinski definition) is 8. The van der Waals surface area contributed by atoms with Gasteiger partial charge in [0.15, 0.2) is 11.7 Å². The van der Waals surface area contributed by atoms with E-state index in [0.29, 0.717) is 112 Å². The molecule has 0 fully saturated rings. The number of hydrogen-bond acceptors (Lipinski definition) is 19. The van der Waals surface area contributed by atoms with Crippen molar-refractivity contribution in [1.82, 2.24) is 40.4 Å². The molecule has 0 spiro atoms. The number of likely N-dealkylation sites (N-methyl/N-ethyl adjacent to an activating group) is 1. The van der Waals surface area contributed by atoms with E-state index >= 15 is 0 Å². The van der Waals surface area contributed by atoms with Crippen LogP contribution in [0.5, 0.6) is 5.75 Å². The third-order valence-electron chi connectivity index (χ3n) is 10.6. The minimum absolute atomic E-state index is 0.0473. The van der Waals surface area contributed by atoms with Crippen molar-refractivity contribution < 1.29 is 75.8 Å². The van der Waals surface area contributed by atoms with Gasteiger partial charge in [-0.15, -0.1) is 4.33 Å². The molecule has 0 aliphatic heterocycles. The number of ether oxygens (including phenoxy) is 5. The van der Waals surface area contributed by atoms with E-state index in [1.165, 1.54) is 0 Å². The number of aromatic amines is 1. The summed E-state index contributed by atoms with van der Waals surface area (Å²) in [6.45, 7) is 17.9. The monoisotopic (exact) mass is 1120 g/mol. The predicted molar refractivity (Wildman–Crippen MR) is 287 cm³/mol. The van der Waals surface area contributed by atoms with Gasteiger partial charge in [0, 0.05) is 87.6 Å². The van der Waals surface area contributed by atoms with Crippen LogP contribution in [0, 0.1) is 13.8 Å². The number of fused-ring (bicyclic) bond motifs is 1. The number of nitrogens with zero attached hydrogens (tertiary/aromatic N) is 3. The Morgan fingerprint density at radius 2 is 1.56 bits per heavy atom. The highest BCUT2D eigenvalue weighted by atomic mass is 32.2. The quantitative estimate of drug-likeness (QED) is 0.00910. The molecular weight excluding hydrogens is 1050 g/mol. The predicted octanol–water partition coefficient (Wildman–Crippen LogP) is 5.48. The minimum atomic E-state index is -4.29. The van der Waals surface area contributed by atoms with E-state index in [2.05, 4.69) is 57.4 Å². The summed E-state index contributed by atoms with van der Waals surface area (Å²) in [5, 5.41) is 37.5. The summed E-state index contributed by atoms with van der Waals surface area (Å²) in [4.78, 5) is 67.8. The maximum atomic E-state index is 13.5. The number of sulfonamides is 1. The van der Waals surface area contributed by atoms with E-state index < -0.39 is 39.8 Å². The van der Waals surface area contributed by atoms with Gasteiger partial charge in [0.05, 0.1) is 55.4 Å². The first-order valence-corrected chi connectivity index (χ1v) is 27.8. The molecular formula is C50H77N9O16S2. The number of aromatic nitrogens is 4. The van der Waals surface area contributed by atoms with Gasteiger partial charge in [0.25, 0.3) is 0 Å². The Morgan fingerprint density at radius 1 is 0.857 bits per heavy atom. The summed E-state index contributed by atoms with van der Waals surface area (Å²) in [6.07, 6.45) is 7.07. The van der Waals surface area contributed by atoms with Gasteiger partial charge in [0.2, 0.25) is 21.8 Å². The lowest BCUT2D eigenvalue weighted by Crippen LogP contribution is -2.49. The van der Waals surface area contributed by atoms with Crippen LogP contribution < -0.4 is 30.7 Å². The third kappa shape index (κ3) is 25.9. The van der Waals surface area contributed by atoms with Crippen LogP contribution in [-0.4, -0.2) is 158 Å². The van der Waals surface area contributed by atoms with Gasteiger partial charge in [0.1, 0.15) is 23.4 Å². The van der Waals surface area contributed by atoms with Crippen LogP contribution in [0.4, 0.5) is 10.7 Å². The topological polar surface area (TPSA) is 331 Å². The number of carboxylic acids is 1. The first kappa shape index (κ1) is 65.4. The maximum absolute atomic E-state index is 13.5. The van der Waals surface area contributed by atoms with Crippen LogP contribution in [-0.2, 0) is 59.3 Å². The Kier molecular flexibility index (Phi) is 30.1. The van der Waals surface area contributed by atoms with Gasteiger partial charge in [-0.1, -0.05) is 12.0 Å². The second-order valence-corrected chi connectivity index (χ2v) is 20.6. The van der Waals surface area contributed by atoms with E-state index in [0.717, 1.165) is 30.4 Å². The van der Waals surface area contributed by atoms with Gasteiger partial charge in [-0.3, -0.25) is 23.9 Å². The standard InChI is InChI=1S/C40H57N7O10S.C10H20N2O6S/c1-4-18-54-21-23-56-24-22-55-19-7-14-41-37(49)8-5-20-57-33-25-29(2)38(30(3)26-33)58(52,53)46-34(39(50)51)10-12-36(48)31-9-11-35-32(27-31)28-45-47(35)17-6-13-42-40-43-15-16-44-40;1-5-11-8(13)7(6-19-18-17-15)12-9(14)16-10(2,3)4/h9,11,15-16,25-28,34,46H,4-8,10,12-14,17-24H2,1-3H3,(H,41,49)(H,50,51)(H2,42,43,44);7,15H,5-6H2,1-4H3,(H,11,13)(H,12,14)/t34-;7-/m01/s1. The number of carbonyl (C=O) groups is 5. The summed E-state index contributed by atoms with van der Waals surface area (Å²) < 4.78 is 62.4. The lowest BCUT2D eigenvalue weighted by Gasteiger charge is -2.22. The fourth-order valence-corrected chi connectivity index (χ4v) is 9.35. The smallest absolute Gasteiger partial charge is 0.408 e. The lowest BCUT2D eigenvalue weighted by atomic mass is 10.0. The highest BCUT2D eigenvalue weighted by Gasteiger charge is 2.29. The molecule has 0 radical (unpaired) electrons. The van der Waals surface area contributed by atoms with E-state index in [-0.39, 0.29) is 54.1 Å². The Bertz CT molecular complexity index is 2500. The number of rotatable bonds is 37. The first-order chi connectivity index (χ1) is 36.8. The van der Waals surface area contributed by atoms with Crippen molar-refractivity contribution >= 4 is 68.6 Å². The zero-order chi connectivity index (χ0) is 56.6. The van der Waals surface area contributed by atoms with Crippen LogP contribution in [0.3, 0.4) is 0 Å². The molecule has 0 saturated carbocycles. The van der Waals surface area contributed by atoms with Crippen molar-refractivity contribution in [2.24, 2.45) is 0 Å². The van der Waals surface area contributed by atoms with Crippen LogP contribution in [0.2, 0.25) is 0 Å². The Morgan fingerprint density at radius 3 is 2.19 bits per heavy atom. The van der Waals surface area contributed by atoms with Crippen molar-refractivity contribution in [1.29, 1.82) is 0 Å². The third-order valence-corrected chi connectivity index (χ3v) is 13.0. The number of carbonyl (C=O) groups excluding carboxylic acids is 4. The average molecular weight is 1120 g/mol. The van der Waals surface area contributed by atoms with Crippen LogP contribution in [0.25, 0.3) is 10.9 Å². The molecule has 0 bridgehead atoms. The fraction of sp³-hybridized carbons (Fsp3) is 0.580. The van der Waals surface area contributed by atoms with Gasteiger partial charge in [-0.05, 0) is 115 Å². The molecule has 4 aromatic rings. The Labute approximate surface area is 454 Å². The van der Waals surface area contributed by atoms with Crippen molar-refractivity contribution in [2.75, 3.05) is 77.0 Å². The SMILES string of the molecule is CCCOCCOCCOCCCNC(=O)CCCOc1cc(C)c(S(=O)(=O)N[C@@H](CCC(=O)c2ccc3c(cnn3CCCNc3ncc[nH]3)c2)C(=O)O)c(C)c1.CCNC(=O)[C@@H](CSOOO)NC(=O)OC(C)(C)C. The van der Waals surface area contributed by atoms with Crippen molar-refractivity contribution in [3.63, 3.8) is 0 Å². The number of nitrogens with one attached hydrogen (secondary N) is 6. The molecule has 0 saturated heterocycles. The number of H-pyrrole nitrogens is 1.